The van der Waals surface area contributed by atoms with Crippen LogP contribution in [-0.2, 0) is 4.79 Å². The van der Waals surface area contributed by atoms with Gasteiger partial charge in [-0.3, -0.25) is 4.79 Å². The quantitative estimate of drug-likeness (QED) is 0.772. The molecule has 0 bridgehead atoms. The van der Waals surface area contributed by atoms with Gasteiger partial charge in [0.15, 0.2) is 0 Å². The van der Waals surface area contributed by atoms with Crippen LogP contribution in [0, 0.1) is 5.92 Å². The molecule has 1 aromatic carbocycles. The van der Waals surface area contributed by atoms with Gasteiger partial charge in [0.1, 0.15) is 11.5 Å². The second-order valence-electron chi connectivity index (χ2n) is 4.85. The van der Waals surface area contributed by atoms with Gasteiger partial charge in [0.2, 0.25) is 0 Å². The van der Waals surface area contributed by atoms with E-state index in [4.69, 9.17) is 4.74 Å². The molecule has 0 heterocycles. The minimum atomic E-state index is 0.225. The second kappa shape index (κ2) is 6.93. The van der Waals surface area contributed by atoms with Crippen molar-refractivity contribution in [3.8, 4) is 5.75 Å². The molecule has 1 atom stereocenters. The van der Waals surface area contributed by atoms with Crippen LogP contribution in [0.1, 0.15) is 38.5 Å². The van der Waals surface area contributed by atoms with Crippen molar-refractivity contribution >= 4 is 21.7 Å². The van der Waals surface area contributed by atoms with Crippen LogP contribution in [0.5, 0.6) is 5.75 Å². The zero-order valence-corrected chi connectivity index (χ0v) is 12.1. The largest absolute Gasteiger partial charge is 0.494 e. The maximum atomic E-state index is 11.8. The number of hydrogen-bond acceptors (Lipinski definition) is 2. The molecule has 0 saturated heterocycles. The third-order valence-electron chi connectivity index (χ3n) is 3.48. The van der Waals surface area contributed by atoms with E-state index in [9.17, 15) is 4.79 Å². The monoisotopic (exact) mass is 310 g/mol. The van der Waals surface area contributed by atoms with Crippen LogP contribution in [0.25, 0.3) is 0 Å². The van der Waals surface area contributed by atoms with Gasteiger partial charge >= 0.3 is 0 Å². The molecule has 1 aliphatic rings. The number of carbonyl (C=O) groups excluding carboxylic acids is 1. The van der Waals surface area contributed by atoms with Crippen LogP contribution in [0.15, 0.2) is 28.7 Å². The summed E-state index contributed by atoms with van der Waals surface area (Å²) in [5, 5.41) is 0. The molecular weight excluding hydrogens is 292 g/mol. The van der Waals surface area contributed by atoms with Crippen LogP contribution < -0.4 is 4.74 Å². The summed E-state index contributed by atoms with van der Waals surface area (Å²) in [5.74, 6) is 1.54. The minimum Gasteiger partial charge on any atom is -0.494 e. The van der Waals surface area contributed by atoms with Crippen LogP contribution in [-0.4, -0.2) is 12.4 Å². The molecule has 0 N–H and O–H groups in total. The molecule has 1 fully saturated rings. The Hall–Kier alpha value is -0.830. The van der Waals surface area contributed by atoms with Crippen molar-refractivity contribution in [3.05, 3.63) is 28.7 Å². The van der Waals surface area contributed by atoms with Crippen molar-refractivity contribution in [1.82, 2.24) is 0 Å². The molecule has 0 spiro atoms. The van der Waals surface area contributed by atoms with Crippen molar-refractivity contribution < 1.29 is 9.53 Å². The molecule has 0 amide bonds. The lowest BCUT2D eigenvalue weighted by Crippen LogP contribution is -2.15. The molecule has 1 aromatic rings. The number of hydrogen-bond donors (Lipinski definition) is 0. The summed E-state index contributed by atoms with van der Waals surface area (Å²) in [4.78, 5) is 11.8. The molecule has 1 unspecified atom stereocenters. The smallest absolute Gasteiger partial charge is 0.136 e. The second-order valence-corrected chi connectivity index (χ2v) is 5.77. The lowest BCUT2D eigenvalue weighted by Gasteiger charge is -2.13. The van der Waals surface area contributed by atoms with E-state index in [1.165, 1.54) is 12.8 Å². The zero-order valence-electron chi connectivity index (χ0n) is 10.5. The summed E-state index contributed by atoms with van der Waals surface area (Å²) in [6.07, 6.45) is 6.13. The summed E-state index contributed by atoms with van der Waals surface area (Å²) in [6.45, 7) is 0.637. The predicted octanol–water partition coefficient (Wildman–Crippen LogP) is 4.37. The van der Waals surface area contributed by atoms with E-state index in [1.807, 2.05) is 24.3 Å². The Bertz CT molecular complexity index is 386. The van der Waals surface area contributed by atoms with E-state index in [0.29, 0.717) is 12.4 Å². The van der Waals surface area contributed by atoms with E-state index in [1.54, 1.807) is 0 Å². The van der Waals surface area contributed by atoms with Crippen molar-refractivity contribution in [3.63, 3.8) is 0 Å². The van der Waals surface area contributed by atoms with E-state index < -0.39 is 0 Å². The highest BCUT2D eigenvalue weighted by atomic mass is 79.9. The molecule has 18 heavy (non-hydrogen) atoms. The van der Waals surface area contributed by atoms with Gasteiger partial charge in [-0.05, 0) is 43.5 Å². The Morgan fingerprint density at radius 1 is 1.17 bits per heavy atom. The highest BCUT2D eigenvalue weighted by Crippen LogP contribution is 2.23. The molecule has 1 saturated carbocycles. The Kier molecular flexibility index (Phi) is 5.24. The van der Waals surface area contributed by atoms with Gasteiger partial charge in [0, 0.05) is 16.8 Å². The summed E-state index contributed by atoms with van der Waals surface area (Å²) >= 11 is 3.39. The normalized spacial score (nSPS) is 20.5. The van der Waals surface area contributed by atoms with Crippen LogP contribution in [0.3, 0.4) is 0 Å². The first-order chi connectivity index (χ1) is 8.75. The van der Waals surface area contributed by atoms with Crippen LogP contribution >= 0.6 is 15.9 Å². The molecule has 0 radical (unpaired) electrons. The average Bonchev–Trinajstić information content (AvgIpc) is 2.57. The van der Waals surface area contributed by atoms with Crippen molar-refractivity contribution in [2.45, 2.75) is 38.5 Å². The summed E-state index contributed by atoms with van der Waals surface area (Å²) in [6, 6.07) is 7.82. The lowest BCUT2D eigenvalue weighted by molar-refractivity contribution is -0.123. The Morgan fingerprint density at radius 3 is 2.72 bits per heavy atom. The van der Waals surface area contributed by atoms with Gasteiger partial charge in [0.05, 0.1) is 6.61 Å². The fraction of sp³-hybridized carbons (Fsp3) is 0.533. The van der Waals surface area contributed by atoms with Gasteiger partial charge in [-0.2, -0.15) is 0 Å². The molecule has 98 valence electrons. The van der Waals surface area contributed by atoms with Gasteiger partial charge < -0.3 is 4.74 Å². The SMILES string of the molecule is O=C1CCCCCC1CCOc1ccc(Br)cc1. The van der Waals surface area contributed by atoms with Crippen LogP contribution in [0.2, 0.25) is 0 Å². The van der Waals surface area contributed by atoms with Gasteiger partial charge in [-0.15, -0.1) is 0 Å². The lowest BCUT2D eigenvalue weighted by atomic mass is 9.96. The highest BCUT2D eigenvalue weighted by Gasteiger charge is 2.20. The number of Topliss-reactive ketones (excluding diaryl/α,β-unsaturated/α-hetero) is 1. The molecule has 3 heteroatoms. The number of rotatable bonds is 4. The highest BCUT2D eigenvalue weighted by molar-refractivity contribution is 9.10. The molecule has 0 aromatic heterocycles. The average molecular weight is 311 g/mol. The van der Waals surface area contributed by atoms with E-state index >= 15 is 0 Å². The predicted molar refractivity (Wildman–Crippen MR) is 75.8 cm³/mol. The molecule has 1 aliphatic carbocycles. The van der Waals surface area contributed by atoms with Crippen molar-refractivity contribution in [2.24, 2.45) is 5.92 Å². The topological polar surface area (TPSA) is 26.3 Å². The summed E-state index contributed by atoms with van der Waals surface area (Å²) in [5.41, 5.74) is 0. The van der Waals surface area contributed by atoms with Gasteiger partial charge in [-0.25, -0.2) is 0 Å². The maximum absolute atomic E-state index is 11.8. The number of ether oxygens (including phenoxy) is 1. The standard InChI is InChI=1S/C15H19BrO2/c16-13-6-8-14(9-7-13)18-11-10-12-4-2-1-3-5-15(12)17/h6-9,12H,1-5,10-11H2. The summed E-state index contributed by atoms with van der Waals surface area (Å²) in [7, 11) is 0. The Morgan fingerprint density at radius 2 is 1.94 bits per heavy atom. The van der Waals surface area contributed by atoms with Crippen molar-refractivity contribution in [1.29, 1.82) is 0 Å². The zero-order chi connectivity index (χ0) is 12.8. The van der Waals surface area contributed by atoms with Gasteiger partial charge in [0.25, 0.3) is 0 Å². The Labute approximate surface area is 117 Å². The number of carbonyl (C=O) groups is 1. The van der Waals surface area contributed by atoms with E-state index in [-0.39, 0.29) is 5.92 Å². The maximum Gasteiger partial charge on any atom is 0.136 e. The molecular formula is C15H19BrO2. The first-order valence-corrected chi connectivity index (χ1v) is 7.46. The summed E-state index contributed by atoms with van der Waals surface area (Å²) < 4.78 is 6.73. The third kappa shape index (κ3) is 4.13. The molecule has 2 rings (SSSR count). The Balaban J connectivity index is 1.77. The first-order valence-electron chi connectivity index (χ1n) is 6.67. The number of benzene rings is 1. The van der Waals surface area contributed by atoms with Crippen molar-refractivity contribution in [2.75, 3.05) is 6.61 Å². The minimum absolute atomic E-state index is 0.225. The number of halogens is 1. The van der Waals surface area contributed by atoms with Crippen LogP contribution in [0.4, 0.5) is 0 Å². The molecule has 0 aliphatic heterocycles. The molecule has 2 nitrogen and oxygen atoms in total. The fourth-order valence-electron chi connectivity index (χ4n) is 2.39. The van der Waals surface area contributed by atoms with E-state index in [2.05, 4.69) is 15.9 Å². The van der Waals surface area contributed by atoms with E-state index in [0.717, 1.165) is 35.9 Å². The van der Waals surface area contributed by atoms with Gasteiger partial charge in [-0.1, -0.05) is 28.8 Å². The first kappa shape index (κ1) is 13.6. The number of ketones is 1. The fourth-order valence-corrected chi connectivity index (χ4v) is 2.65. The third-order valence-corrected chi connectivity index (χ3v) is 4.01.